The Hall–Kier alpha value is -1.78. The van der Waals surface area contributed by atoms with Crippen LogP contribution >= 0.6 is 0 Å². The predicted molar refractivity (Wildman–Crippen MR) is 89.9 cm³/mol. The van der Waals surface area contributed by atoms with Gasteiger partial charge in [-0.2, -0.15) is 0 Å². The first-order valence-corrected chi connectivity index (χ1v) is 8.15. The van der Waals surface area contributed by atoms with Crippen LogP contribution in [0.1, 0.15) is 17.5 Å². The molecule has 4 atom stereocenters. The van der Waals surface area contributed by atoms with Crippen LogP contribution in [0.5, 0.6) is 11.5 Å². The molecule has 0 spiro atoms. The van der Waals surface area contributed by atoms with E-state index in [1.165, 1.54) is 11.1 Å². The topological polar surface area (TPSA) is 41.9 Å². The number of nitrogens with zero attached hydrogens (tertiary/aromatic N) is 1. The molecule has 4 heteroatoms. The molecule has 1 N–H and O–H groups in total. The van der Waals surface area contributed by atoms with Crippen LogP contribution in [0, 0.1) is 5.92 Å². The van der Waals surface area contributed by atoms with E-state index in [1.54, 1.807) is 7.11 Å². The molecule has 1 aliphatic heterocycles. The van der Waals surface area contributed by atoms with Crippen LogP contribution in [0.15, 0.2) is 30.4 Å². The molecule has 122 valence electrons. The van der Waals surface area contributed by atoms with Crippen molar-refractivity contribution in [1.29, 1.82) is 0 Å². The molecule has 3 aliphatic rings. The van der Waals surface area contributed by atoms with Crippen molar-refractivity contribution in [3.8, 4) is 11.5 Å². The summed E-state index contributed by atoms with van der Waals surface area (Å²) < 4.78 is 11.8. The van der Waals surface area contributed by atoms with Gasteiger partial charge in [0.2, 0.25) is 0 Å². The first-order valence-electron chi connectivity index (χ1n) is 8.15. The molecule has 0 saturated carbocycles. The summed E-state index contributed by atoms with van der Waals surface area (Å²) in [6, 6.07) is 4.05. The smallest absolute Gasteiger partial charge is 0.166 e. The van der Waals surface area contributed by atoms with Crippen molar-refractivity contribution < 1.29 is 14.6 Å². The van der Waals surface area contributed by atoms with E-state index in [1.807, 2.05) is 12.1 Å². The van der Waals surface area contributed by atoms with Crippen molar-refractivity contribution in [3.05, 3.63) is 41.5 Å². The first-order chi connectivity index (χ1) is 11.1. The standard InChI is InChI=1S/C19H23NO3/c1-20(2)11-10-19-13-6-4-12-5-9-15(22-3)17(16(12)19)23-18(19)14(21)8-7-13/h4-9,13-14,18,21H,10-11H2,1-3H3/t13-,14+,18+,19-/m0/s1. The van der Waals surface area contributed by atoms with E-state index in [9.17, 15) is 5.11 Å². The number of allylic oxidation sites excluding steroid dienone is 2. The number of benzene rings is 1. The van der Waals surface area contributed by atoms with Gasteiger partial charge in [-0.1, -0.05) is 30.4 Å². The van der Waals surface area contributed by atoms with Crippen molar-refractivity contribution in [1.82, 2.24) is 4.90 Å². The molecule has 23 heavy (non-hydrogen) atoms. The second-order valence-corrected chi connectivity index (χ2v) is 6.95. The SMILES string of the molecule is COc1ccc2c3c1O[C@@H]1[C@H](O)C=C[C@H](C=C2)[C@@]31CCN(C)C. The Bertz CT molecular complexity index is 694. The van der Waals surface area contributed by atoms with Gasteiger partial charge in [-0.05, 0) is 38.7 Å². The summed E-state index contributed by atoms with van der Waals surface area (Å²) in [6.45, 7) is 0.945. The molecule has 0 bridgehead atoms. The Labute approximate surface area is 137 Å². The second-order valence-electron chi connectivity index (χ2n) is 6.95. The number of aliphatic hydroxyl groups excluding tert-OH is 1. The van der Waals surface area contributed by atoms with Crippen LogP contribution in [0.3, 0.4) is 0 Å². The van der Waals surface area contributed by atoms with Gasteiger partial charge in [-0.3, -0.25) is 0 Å². The maximum atomic E-state index is 10.6. The molecule has 1 aromatic carbocycles. The number of aliphatic hydroxyl groups is 1. The molecule has 2 aliphatic carbocycles. The summed E-state index contributed by atoms with van der Waals surface area (Å²) in [5, 5.41) is 10.6. The third-order valence-electron chi connectivity index (χ3n) is 5.47. The lowest BCUT2D eigenvalue weighted by Gasteiger charge is -2.45. The summed E-state index contributed by atoms with van der Waals surface area (Å²) in [4.78, 5) is 2.19. The monoisotopic (exact) mass is 313 g/mol. The predicted octanol–water partition coefficient (Wildman–Crippen LogP) is 2.22. The van der Waals surface area contributed by atoms with Crippen LogP contribution in [0.4, 0.5) is 0 Å². The van der Waals surface area contributed by atoms with Crippen LogP contribution in [-0.4, -0.2) is 50.0 Å². The van der Waals surface area contributed by atoms with E-state index in [2.05, 4.69) is 43.3 Å². The van der Waals surface area contributed by atoms with E-state index in [0.29, 0.717) is 0 Å². The zero-order valence-corrected chi connectivity index (χ0v) is 13.8. The molecule has 0 saturated heterocycles. The fourth-order valence-corrected chi connectivity index (χ4v) is 4.37. The van der Waals surface area contributed by atoms with E-state index in [-0.39, 0.29) is 17.4 Å². The maximum absolute atomic E-state index is 10.6. The van der Waals surface area contributed by atoms with Gasteiger partial charge in [0, 0.05) is 11.5 Å². The summed E-state index contributed by atoms with van der Waals surface area (Å²) in [7, 11) is 5.84. The number of hydrogen-bond donors (Lipinski definition) is 1. The minimum absolute atomic E-state index is 0.216. The third-order valence-corrected chi connectivity index (χ3v) is 5.47. The first kappa shape index (κ1) is 14.8. The molecule has 0 unspecified atom stereocenters. The average Bonchev–Trinajstić information content (AvgIpc) is 2.90. The molecule has 4 nitrogen and oxygen atoms in total. The molecular formula is C19H23NO3. The lowest BCUT2D eigenvalue weighted by molar-refractivity contribution is 0.00751. The Morgan fingerprint density at radius 1 is 1.26 bits per heavy atom. The van der Waals surface area contributed by atoms with Gasteiger partial charge in [-0.25, -0.2) is 0 Å². The van der Waals surface area contributed by atoms with E-state index in [4.69, 9.17) is 9.47 Å². The van der Waals surface area contributed by atoms with E-state index >= 15 is 0 Å². The van der Waals surface area contributed by atoms with Crippen LogP contribution < -0.4 is 9.47 Å². The van der Waals surface area contributed by atoms with Gasteiger partial charge < -0.3 is 19.5 Å². The number of methoxy groups -OCH3 is 1. The maximum Gasteiger partial charge on any atom is 0.166 e. The van der Waals surface area contributed by atoms with Crippen LogP contribution in [0.25, 0.3) is 6.08 Å². The van der Waals surface area contributed by atoms with E-state index < -0.39 is 6.10 Å². The lowest BCUT2D eigenvalue weighted by Crippen LogP contribution is -2.53. The summed E-state index contributed by atoms with van der Waals surface area (Å²) in [6.07, 6.45) is 8.51. The molecule has 4 rings (SSSR count). The van der Waals surface area contributed by atoms with Gasteiger partial charge in [0.1, 0.15) is 12.2 Å². The van der Waals surface area contributed by atoms with Crippen molar-refractivity contribution >= 4 is 6.08 Å². The van der Waals surface area contributed by atoms with Crippen molar-refractivity contribution in [2.24, 2.45) is 5.92 Å². The highest BCUT2D eigenvalue weighted by atomic mass is 16.5. The minimum Gasteiger partial charge on any atom is -0.493 e. The molecule has 0 amide bonds. The fraction of sp³-hybridized carbons (Fsp3) is 0.474. The van der Waals surface area contributed by atoms with Gasteiger partial charge in [-0.15, -0.1) is 0 Å². The number of hydrogen-bond acceptors (Lipinski definition) is 4. The molecule has 0 radical (unpaired) electrons. The fourth-order valence-electron chi connectivity index (χ4n) is 4.37. The molecular weight excluding hydrogens is 290 g/mol. The molecule has 0 aromatic heterocycles. The average molecular weight is 313 g/mol. The summed E-state index contributed by atoms with van der Waals surface area (Å²) in [5.74, 6) is 1.81. The second kappa shape index (κ2) is 5.11. The van der Waals surface area contributed by atoms with Crippen molar-refractivity contribution in [2.75, 3.05) is 27.7 Å². The zero-order valence-electron chi connectivity index (χ0n) is 13.8. The van der Waals surface area contributed by atoms with Gasteiger partial charge >= 0.3 is 0 Å². The normalized spacial score (nSPS) is 32.8. The summed E-state index contributed by atoms with van der Waals surface area (Å²) >= 11 is 0. The number of rotatable bonds is 4. The van der Waals surface area contributed by atoms with Crippen LogP contribution in [-0.2, 0) is 5.41 Å². The van der Waals surface area contributed by atoms with E-state index in [0.717, 1.165) is 24.5 Å². The lowest BCUT2D eigenvalue weighted by atomic mass is 9.59. The third kappa shape index (κ3) is 1.91. The minimum atomic E-state index is -0.593. The van der Waals surface area contributed by atoms with Crippen molar-refractivity contribution in [2.45, 2.75) is 24.0 Å². The Morgan fingerprint density at radius 3 is 2.83 bits per heavy atom. The highest BCUT2D eigenvalue weighted by Gasteiger charge is 2.58. The largest absolute Gasteiger partial charge is 0.493 e. The van der Waals surface area contributed by atoms with Crippen LogP contribution in [0.2, 0.25) is 0 Å². The Balaban J connectivity index is 1.93. The summed E-state index contributed by atoms with van der Waals surface area (Å²) in [5.41, 5.74) is 2.17. The molecule has 0 fully saturated rings. The van der Waals surface area contributed by atoms with Gasteiger partial charge in [0.15, 0.2) is 11.5 Å². The quantitative estimate of drug-likeness (QED) is 0.866. The molecule has 1 heterocycles. The zero-order chi connectivity index (χ0) is 16.2. The Kier molecular flexibility index (Phi) is 3.29. The van der Waals surface area contributed by atoms with Crippen molar-refractivity contribution in [3.63, 3.8) is 0 Å². The molecule has 1 aromatic rings. The number of ether oxygens (including phenoxy) is 2. The van der Waals surface area contributed by atoms with Gasteiger partial charge in [0.25, 0.3) is 0 Å². The van der Waals surface area contributed by atoms with Gasteiger partial charge in [0.05, 0.1) is 12.5 Å². The highest BCUT2D eigenvalue weighted by molar-refractivity contribution is 5.71. The Morgan fingerprint density at radius 2 is 2.09 bits per heavy atom. The highest BCUT2D eigenvalue weighted by Crippen LogP contribution is 2.59.